The minimum atomic E-state index is -0.802. The fourth-order valence-corrected chi connectivity index (χ4v) is 3.33. The summed E-state index contributed by atoms with van der Waals surface area (Å²) in [6, 6.07) is 2.05. The highest BCUT2D eigenvalue weighted by Gasteiger charge is 2.19. The lowest BCUT2D eigenvalue weighted by molar-refractivity contribution is 0.0695. The van der Waals surface area contributed by atoms with Gasteiger partial charge < -0.3 is 5.11 Å². The maximum absolute atomic E-state index is 11.1. The van der Waals surface area contributed by atoms with E-state index in [4.69, 9.17) is 5.11 Å². The first-order valence-corrected chi connectivity index (χ1v) is 6.19. The third kappa shape index (κ3) is 1.76. The minimum absolute atomic E-state index is 0.497. The molecule has 0 bridgehead atoms. The van der Waals surface area contributed by atoms with E-state index >= 15 is 0 Å². The Morgan fingerprint density at radius 1 is 1.47 bits per heavy atom. The minimum Gasteiger partial charge on any atom is -0.478 e. The van der Waals surface area contributed by atoms with Crippen molar-refractivity contribution >= 4 is 17.7 Å². The smallest absolute Gasteiger partial charge is 0.336 e. The maximum atomic E-state index is 11.1. The Kier molecular flexibility index (Phi) is 2.74. The van der Waals surface area contributed by atoms with Gasteiger partial charge in [0.1, 0.15) is 0 Å². The van der Waals surface area contributed by atoms with E-state index in [0.29, 0.717) is 5.56 Å². The zero-order valence-electron chi connectivity index (χ0n) is 8.96. The van der Waals surface area contributed by atoms with Gasteiger partial charge in [-0.25, -0.2) is 4.79 Å². The van der Waals surface area contributed by atoms with Crippen LogP contribution in [0.25, 0.3) is 0 Å². The first-order valence-electron chi connectivity index (χ1n) is 5.04. The summed E-state index contributed by atoms with van der Waals surface area (Å²) < 4.78 is 0. The van der Waals surface area contributed by atoms with Crippen LogP contribution in [0, 0.1) is 13.8 Å². The van der Waals surface area contributed by atoms with Gasteiger partial charge in [-0.15, -0.1) is 0 Å². The van der Waals surface area contributed by atoms with Crippen LogP contribution in [0.1, 0.15) is 32.6 Å². The highest BCUT2D eigenvalue weighted by Crippen LogP contribution is 2.31. The summed E-state index contributed by atoms with van der Waals surface area (Å²) in [5.74, 6) is 1.31. The first-order chi connectivity index (χ1) is 7.11. The number of carboxylic acids is 1. The van der Waals surface area contributed by atoms with Crippen LogP contribution in [0.4, 0.5) is 0 Å². The zero-order chi connectivity index (χ0) is 11.0. The van der Waals surface area contributed by atoms with Crippen LogP contribution >= 0.6 is 11.8 Å². The Bertz CT molecular complexity index is 424. The van der Waals surface area contributed by atoms with Crippen molar-refractivity contribution < 1.29 is 9.90 Å². The van der Waals surface area contributed by atoms with Crippen molar-refractivity contribution in [3.05, 3.63) is 33.9 Å². The van der Waals surface area contributed by atoms with Crippen molar-refractivity contribution in [3.63, 3.8) is 0 Å². The topological polar surface area (TPSA) is 37.3 Å². The number of fused-ring (bicyclic) bond motifs is 1. The van der Waals surface area contributed by atoms with Crippen LogP contribution in [-0.2, 0) is 12.2 Å². The number of aromatic carboxylic acids is 1. The largest absolute Gasteiger partial charge is 0.478 e. The molecule has 1 aromatic carbocycles. The monoisotopic (exact) mass is 222 g/mol. The van der Waals surface area contributed by atoms with Gasteiger partial charge in [0.2, 0.25) is 0 Å². The van der Waals surface area contributed by atoms with Crippen molar-refractivity contribution in [1.82, 2.24) is 0 Å². The standard InChI is InChI=1S/C12H14O2S/c1-7-5-9-3-4-15-6-10(9)8(2)11(7)12(13)14/h5H,3-4,6H2,1-2H3,(H,13,14). The zero-order valence-corrected chi connectivity index (χ0v) is 9.78. The molecule has 1 aliphatic rings. The van der Waals surface area contributed by atoms with E-state index in [0.717, 1.165) is 29.1 Å². The molecule has 2 nitrogen and oxygen atoms in total. The van der Waals surface area contributed by atoms with E-state index < -0.39 is 5.97 Å². The lowest BCUT2D eigenvalue weighted by atomic mass is 9.92. The van der Waals surface area contributed by atoms with Crippen LogP contribution in [0.2, 0.25) is 0 Å². The molecular formula is C12H14O2S. The van der Waals surface area contributed by atoms with Gasteiger partial charge in [0, 0.05) is 5.75 Å². The average Bonchev–Trinajstić information content (AvgIpc) is 2.17. The van der Waals surface area contributed by atoms with Crippen molar-refractivity contribution in [2.24, 2.45) is 0 Å². The van der Waals surface area contributed by atoms with E-state index in [-0.39, 0.29) is 0 Å². The quantitative estimate of drug-likeness (QED) is 0.794. The molecule has 1 N–H and O–H groups in total. The SMILES string of the molecule is Cc1cc2c(c(C)c1C(=O)O)CSCC2. The number of rotatable bonds is 1. The summed E-state index contributed by atoms with van der Waals surface area (Å²) in [7, 11) is 0. The van der Waals surface area contributed by atoms with Crippen LogP contribution in [0.3, 0.4) is 0 Å². The number of thioether (sulfide) groups is 1. The van der Waals surface area contributed by atoms with Gasteiger partial charge in [-0.1, -0.05) is 6.07 Å². The second-order valence-corrected chi connectivity index (χ2v) is 5.04. The summed E-state index contributed by atoms with van der Waals surface area (Å²) >= 11 is 1.89. The van der Waals surface area contributed by atoms with Crippen LogP contribution in [0.15, 0.2) is 6.07 Å². The van der Waals surface area contributed by atoms with E-state index in [2.05, 4.69) is 0 Å². The highest BCUT2D eigenvalue weighted by molar-refractivity contribution is 7.98. The Balaban J connectivity index is 2.64. The lowest BCUT2D eigenvalue weighted by Crippen LogP contribution is -2.11. The Labute approximate surface area is 93.7 Å². The predicted octanol–water partition coefficient (Wildman–Crippen LogP) is 2.79. The fourth-order valence-electron chi connectivity index (χ4n) is 2.22. The molecule has 0 unspecified atom stereocenters. The number of benzene rings is 1. The molecule has 0 radical (unpaired) electrons. The summed E-state index contributed by atoms with van der Waals surface area (Å²) in [6.07, 6.45) is 1.07. The van der Waals surface area contributed by atoms with Gasteiger partial charge >= 0.3 is 5.97 Å². The normalized spacial score (nSPS) is 14.8. The van der Waals surface area contributed by atoms with Crippen LogP contribution in [0.5, 0.6) is 0 Å². The van der Waals surface area contributed by atoms with Gasteiger partial charge in [0.15, 0.2) is 0 Å². The summed E-state index contributed by atoms with van der Waals surface area (Å²) in [5.41, 5.74) is 4.94. The van der Waals surface area contributed by atoms with Gasteiger partial charge in [0.05, 0.1) is 5.56 Å². The van der Waals surface area contributed by atoms with Crippen LogP contribution in [-0.4, -0.2) is 16.8 Å². The van der Waals surface area contributed by atoms with Crippen LogP contribution < -0.4 is 0 Å². The molecule has 15 heavy (non-hydrogen) atoms. The number of carboxylic acid groups (broad SMARTS) is 1. The van der Waals surface area contributed by atoms with Gasteiger partial charge in [0.25, 0.3) is 0 Å². The van der Waals surface area contributed by atoms with E-state index in [1.807, 2.05) is 31.7 Å². The Morgan fingerprint density at radius 2 is 2.20 bits per heavy atom. The summed E-state index contributed by atoms with van der Waals surface area (Å²) in [6.45, 7) is 3.82. The molecule has 0 spiro atoms. The van der Waals surface area contributed by atoms with Crippen molar-refractivity contribution in [2.45, 2.75) is 26.0 Å². The number of aryl methyl sites for hydroxylation is 2. The molecule has 0 aliphatic carbocycles. The van der Waals surface area contributed by atoms with Crippen molar-refractivity contribution in [2.75, 3.05) is 5.75 Å². The second-order valence-electron chi connectivity index (χ2n) is 3.94. The molecule has 0 fully saturated rings. The third-order valence-corrected chi connectivity index (χ3v) is 3.96. The molecule has 3 heteroatoms. The predicted molar refractivity (Wildman–Crippen MR) is 62.7 cm³/mol. The summed E-state index contributed by atoms with van der Waals surface area (Å²) in [5, 5.41) is 9.14. The number of hydrogen-bond donors (Lipinski definition) is 1. The molecule has 80 valence electrons. The average molecular weight is 222 g/mol. The van der Waals surface area contributed by atoms with E-state index in [1.165, 1.54) is 11.1 Å². The van der Waals surface area contributed by atoms with E-state index in [9.17, 15) is 4.79 Å². The molecular weight excluding hydrogens is 208 g/mol. The number of carbonyl (C=O) groups is 1. The van der Waals surface area contributed by atoms with Gasteiger partial charge in [-0.3, -0.25) is 0 Å². The molecule has 0 aromatic heterocycles. The molecule has 1 heterocycles. The summed E-state index contributed by atoms with van der Waals surface area (Å²) in [4.78, 5) is 11.1. The van der Waals surface area contributed by atoms with Crippen molar-refractivity contribution in [3.8, 4) is 0 Å². The van der Waals surface area contributed by atoms with Crippen molar-refractivity contribution in [1.29, 1.82) is 0 Å². The maximum Gasteiger partial charge on any atom is 0.336 e. The van der Waals surface area contributed by atoms with E-state index in [1.54, 1.807) is 0 Å². The second kappa shape index (κ2) is 3.89. The lowest BCUT2D eigenvalue weighted by Gasteiger charge is -2.20. The molecule has 0 amide bonds. The molecule has 1 aliphatic heterocycles. The Morgan fingerprint density at radius 3 is 2.87 bits per heavy atom. The van der Waals surface area contributed by atoms with Gasteiger partial charge in [-0.2, -0.15) is 11.8 Å². The molecule has 1 aromatic rings. The highest BCUT2D eigenvalue weighted by atomic mass is 32.2. The molecule has 2 rings (SSSR count). The molecule has 0 atom stereocenters. The Hall–Kier alpha value is -0.960. The number of hydrogen-bond acceptors (Lipinski definition) is 2. The van der Waals surface area contributed by atoms with Gasteiger partial charge in [-0.05, 0) is 48.3 Å². The first kappa shape index (κ1) is 10.6. The molecule has 0 saturated heterocycles. The fraction of sp³-hybridized carbons (Fsp3) is 0.417. The molecule has 0 saturated carbocycles. The third-order valence-electron chi connectivity index (χ3n) is 2.98.